The molecule has 0 saturated carbocycles. The molecule has 0 spiro atoms. The van der Waals surface area contributed by atoms with Gasteiger partial charge in [-0.1, -0.05) is 61.5 Å². The summed E-state index contributed by atoms with van der Waals surface area (Å²) < 4.78 is 0. The monoisotopic (exact) mass is 417 g/mol. The van der Waals surface area contributed by atoms with E-state index in [0.29, 0.717) is 17.8 Å². The number of unbranched alkanes of at least 4 members (excludes halogenated alkanes) is 1. The fourth-order valence-electron chi connectivity index (χ4n) is 3.36. The van der Waals surface area contributed by atoms with E-state index in [9.17, 15) is 9.59 Å². The van der Waals surface area contributed by atoms with Crippen molar-refractivity contribution in [2.45, 2.75) is 29.6 Å². The first-order valence-corrected chi connectivity index (χ1v) is 10.8. The van der Waals surface area contributed by atoms with Crippen LogP contribution >= 0.6 is 11.8 Å². The van der Waals surface area contributed by atoms with Crippen molar-refractivity contribution in [3.63, 3.8) is 0 Å². The average Bonchev–Trinajstić information content (AvgIpc) is 2.77. The summed E-state index contributed by atoms with van der Waals surface area (Å²) in [5.74, 6) is -0.186. The van der Waals surface area contributed by atoms with Crippen molar-refractivity contribution in [3.05, 3.63) is 78.4 Å². The van der Waals surface area contributed by atoms with Crippen LogP contribution in [0.5, 0.6) is 0 Å². The van der Waals surface area contributed by atoms with Crippen LogP contribution in [-0.4, -0.2) is 18.5 Å². The molecule has 30 heavy (non-hydrogen) atoms. The summed E-state index contributed by atoms with van der Waals surface area (Å²) in [6.45, 7) is 2.69. The van der Waals surface area contributed by atoms with Gasteiger partial charge in [0.1, 0.15) is 0 Å². The Balaban J connectivity index is 1.64. The smallest absolute Gasteiger partial charge is 0.331 e. The Morgan fingerprint density at radius 2 is 1.47 bits per heavy atom. The fourth-order valence-corrected chi connectivity index (χ4v) is 4.42. The summed E-state index contributed by atoms with van der Waals surface area (Å²) in [7, 11) is 0. The number of amides is 3. The summed E-state index contributed by atoms with van der Waals surface area (Å²) in [6.07, 6.45) is 1.92. The molecule has 1 aliphatic rings. The van der Waals surface area contributed by atoms with E-state index in [1.54, 1.807) is 34.9 Å². The molecular weight excluding hydrogens is 394 g/mol. The maximum atomic E-state index is 13.4. The van der Waals surface area contributed by atoms with Crippen LogP contribution < -0.4 is 15.5 Å². The molecule has 3 amide bonds. The first-order chi connectivity index (χ1) is 14.7. The lowest BCUT2D eigenvalue weighted by atomic mass is 10.1. The topological polar surface area (TPSA) is 61.4 Å². The van der Waals surface area contributed by atoms with E-state index in [1.165, 1.54) is 0 Å². The van der Waals surface area contributed by atoms with Crippen LogP contribution in [0.1, 0.15) is 30.1 Å². The van der Waals surface area contributed by atoms with Crippen molar-refractivity contribution >= 4 is 40.8 Å². The highest BCUT2D eigenvalue weighted by Crippen LogP contribution is 2.48. The molecule has 0 fully saturated rings. The van der Waals surface area contributed by atoms with Gasteiger partial charge < -0.3 is 10.6 Å². The number of urea groups is 1. The third kappa shape index (κ3) is 4.04. The highest BCUT2D eigenvalue weighted by Gasteiger charge is 2.28. The Kier molecular flexibility index (Phi) is 6.05. The normalized spacial score (nSPS) is 12.0. The number of para-hydroxylation sites is 3. The van der Waals surface area contributed by atoms with E-state index in [-0.39, 0.29) is 11.9 Å². The zero-order chi connectivity index (χ0) is 20.9. The lowest BCUT2D eigenvalue weighted by Crippen LogP contribution is -2.34. The second kappa shape index (κ2) is 9.05. The molecule has 1 heterocycles. The minimum absolute atomic E-state index is 0.186. The van der Waals surface area contributed by atoms with Gasteiger partial charge in [0.25, 0.3) is 5.91 Å². The Bertz CT molecular complexity index is 1040. The number of rotatable bonds is 5. The quantitative estimate of drug-likeness (QED) is 0.497. The third-order valence-corrected chi connectivity index (χ3v) is 5.99. The molecule has 0 bridgehead atoms. The number of fused-ring (bicyclic) bond motifs is 2. The molecule has 2 N–H and O–H groups in total. The number of carbonyl (C=O) groups is 2. The second-order valence-electron chi connectivity index (χ2n) is 6.96. The third-order valence-electron chi connectivity index (χ3n) is 4.86. The van der Waals surface area contributed by atoms with Gasteiger partial charge in [0.05, 0.1) is 22.6 Å². The number of hydrogen-bond acceptors (Lipinski definition) is 3. The van der Waals surface area contributed by atoms with Gasteiger partial charge in [-0.25, -0.2) is 4.79 Å². The van der Waals surface area contributed by atoms with E-state index in [4.69, 9.17) is 0 Å². The van der Waals surface area contributed by atoms with Gasteiger partial charge in [0.2, 0.25) is 0 Å². The van der Waals surface area contributed by atoms with Gasteiger partial charge >= 0.3 is 6.03 Å². The van der Waals surface area contributed by atoms with E-state index in [1.807, 2.05) is 54.6 Å². The molecular formula is C24H23N3O2S. The van der Waals surface area contributed by atoms with E-state index >= 15 is 0 Å². The van der Waals surface area contributed by atoms with Crippen molar-refractivity contribution < 1.29 is 9.59 Å². The lowest BCUT2D eigenvalue weighted by molar-refractivity contribution is 0.0954. The van der Waals surface area contributed by atoms with Gasteiger partial charge in [0.15, 0.2) is 0 Å². The molecule has 5 nitrogen and oxygen atoms in total. The molecule has 0 aromatic heterocycles. The van der Waals surface area contributed by atoms with E-state index in [0.717, 1.165) is 34.0 Å². The average molecular weight is 418 g/mol. The molecule has 0 atom stereocenters. The number of nitrogens with one attached hydrogen (secondary N) is 2. The maximum absolute atomic E-state index is 13.4. The highest BCUT2D eigenvalue weighted by molar-refractivity contribution is 7.99. The molecule has 0 radical (unpaired) electrons. The van der Waals surface area contributed by atoms with E-state index in [2.05, 4.69) is 17.6 Å². The van der Waals surface area contributed by atoms with Gasteiger partial charge in [-0.3, -0.25) is 9.69 Å². The molecule has 0 unspecified atom stereocenters. The Morgan fingerprint density at radius 1 is 0.867 bits per heavy atom. The summed E-state index contributed by atoms with van der Waals surface area (Å²) in [4.78, 5) is 29.7. The zero-order valence-electron chi connectivity index (χ0n) is 16.7. The van der Waals surface area contributed by atoms with Gasteiger partial charge in [-0.2, -0.15) is 0 Å². The minimum Gasteiger partial charge on any atom is -0.352 e. The number of anilines is 3. The number of benzene rings is 3. The molecule has 3 aromatic carbocycles. The Morgan fingerprint density at radius 3 is 2.13 bits per heavy atom. The van der Waals surface area contributed by atoms with Gasteiger partial charge in [-0.15, -0.1) is 0 Å². The second-order valence-corrected chi connectivity index (χ2v) is 8.04. The van der Waals surface area contributed by atoms with Crippen LogP contribution in [0.3, 0.4) is 0 Å². The first kappa shape index (κ1) is 20.0. The largest absolute Gasteiger partial charge is 0.352 e. The molecule has 152 valence electrons. The molecule has 4 rings (SSSR count). The van der Waals surface area contributed by atoms with Crippen molar-refractivity contribution in [1.82, 2.24) is 5.32 Å². The lowest BCUT2D eigenvalue weighted by Gasteiger charge is -2.31. The summed E-state index contributed by atoms with van der Waals surface area (Å²) in [5.41, 5.74) is 2.59. The number of hydrogen-bond donors (Lipinski definition) is 2. The molecule has 0 aliphatic carbocycles. The molecule has 0 saturated heterocycles. The molecule has 1 aliphatic heterocycles. The molecule has 3 aromatic rings. The Labute approximate surface area is 180 Å². The molecule has 6 heteroatoms. The fraction of sp³-hybridized carbons (Fsp3) is 0.167. The standard InChI is InChI=1S/C24H23N3O2S/c1-2-3-16-25-23(28)17-10-4-5-11-18(17)26-24(29)27-19-12-6-8-14-21(19)30-22-15-9-7-13-20(22)27/h4-15H,2-3,16H2,1H3,(H,25,28)(H,26,29). The van der Waals surface area contributed by atoms with Crippen LogP contribution in [0.25, 0.3) is 0 Å². The van der Waals surface area contributed by atoms with Gasteiger partial charge in [-0.05, 0) is 42.8 Å². The van der Waals surface area contributed by atoms with Crippen molar-refractivity contribution in [3.8, 4) is 0 Å². The highest BCUT2D eigenvalue weighted by atomic mass is 32.2. The van der Waals surface area contributed by atoms with Gasteiger partial charge in [0, 0.05) is 16.3 Å². The van der Waals surface area contributed by atoms with Crippen molar-refractivity contribution in [2.75, 3.05) is 16.8 Å². The Hall–Kier alpha value is -3.25. The summed E-state index contributed by atoms with van der Waals surface area (Å²) in [5, 5.41) is 5.87. The van der Waals surface area contributed by atoms with Crippen LogP contribution in [0, 0.1) is 0 Å². The van der Waals surface area contributed by atoms with Crippen molar-refractivity contribution in [2.24, 2.45) is 0 Å². The predicted molar refractivity (Wildman–Crippen MR) is 122 cm³/mol. The van der Waals surface area contributed by atoms with Crippen LogP contribution in [0.2, 0.25) is 0 Å². The maximum Gasteiger partial charge on any atom is 0.331 e. The van der Waals surface area contributed by atoms with Crippen LogP contribution in [-0.2, 0) is 0 Å². The van der Waals surface area contributed by atoms with Crippen molar-refractivity contribution in [1.29, 1.82) is 0 Å². The number of carbonyl (C=O) groups excluding carboxylic acids is 2. The predicted octanol–water partition coefficient (Wildman–Crippen LogP) is 6.05. The first-order valence-electron chi connectivity index (χ1n) is 10.0. The van der Waals surface area contributed by atoms with Crippen LogP contribution in [0.15, 0.2) is 82.6 Å². The zero-order valence-corrected chi connectivity index (χ0v) is 17.5. The SMILES string of the molecule is CCCCNC(=O)c1ccccc1NC(=O)N1c2ccccc2Sc2ccccc21. The minimum atomic E-state index is -0.302. The van der Waals surface area contributed by atoms with Crippen LogP contribution in [0.4, 0.5) is 21.9 Å². The number of nitrogens with zero attached hydrogens (tertiary/aromatic N) is 1. The van der Waals surface area contributed by atoms with E-state index < -0.39 is 0 Å². The summed E-state index contributed by atoms with van der Waals surface area (Å²) >= 11 is 1.64. The summed E-state index contributed by atoms with van der Waals surface area (Å²) in [6, 6.07) is 22.4.